The van der Waals surface area contributed by atoms with Crippen LogP contribution in [-0.4, -0.2) is 0 Å². The minimum Gasteiger partial charge on any atom is -0.455 e. The summed E-state index contributed by atoms with van der Waals surface area (Å²) in [5.74, 6) is 3.38. The van der Waals surface area contributed by atoms with Crippen LogP contribution in [-0.2, 0) is 19.9 Å². The molecule has 2 nitrogen and oxygen atoms in total. The summed E-state index contributed by atoms with van der Waals surface area (Å²) >= 11 is 0. The molecule has 41 heavy (non-hydrogen) atoms. The molecular formula is C39H44NO+. The lowest BCUT2D eigenvalue weighted by Gasteiger charge is -2.28. The molecule has 0 saturated heterocycles. The van der Waals surface area contributed by atoms with Crippen LogP contribution in [0.4, 0.5) is 0 Å². The van der Waals surface area contributed by atoms with Gasteiger partial charge in [0.25, 0.3) is 0 Å². The fourth-order valence-electron chi connectivity index (χ4n) is 7.66. The van der Waals surface area contributed by atoms with Gasteiger partial charge in [-0.15, -0.1) is 0 Å². The van der Waals surface area contributed by atoms with Crippen LogP contribution in [0.2, 0.25) is 0 Å². The highest BCUT2D eigenvalue weighted by Gasteiger charge is 2.34. The molecule has 5 aromatic rings. The first-order valence-corrected chi connectivity index (χ1v) is 15.7. The van der Waals surface area contributed by atoms with Gasteiger partial charge in [-0.3, -0.25) is 0 Å². The van der Waals surface area contributed by atoms with Crippen LogP contribution in [0.15, 0.2) is 54.7 Å². The molecule has 0 N–H and O–H groups in total. The Morgan fingerprint density at radius 1 is 0.902 bits per heavy atom. The quantitative estimate of drug-likeness (QED) is 0.159. The zero-order chi connectivity index (χ0) is 28.6. The molecule has 210 valence electrons. The van der Waals surface area contributed by atoms with Gasteiger partial charge in [0.2, 0.25) is 5.69 Å². The van der Waals surface area contributed by atoms with Crippen LogP contribution in [0.3, 0.4) is 0 Å². The summed E-state index contributed by atoms with van der Waals surface area (Å²) < 4.78 is 9.44. The Balaban J connectivity index is 1.52. The van der Waals surface area contributed by atoms with E-state index in [4.69, 9.17) is 4.74 Å². The monoisotopic (exact) mass is 542 g/mol. The largest absolute Gasteiger partial charge is 0.455 e. The minimum absolute atomic E-state index is 0.128. The van der Waals surface area contributed by atoms with E-state index in [-0.39, 0.29) is 5.41 Å². The van der Waals surface area contributed by atoms with E-state index in [1.165, 1.54) is 97.9 Å². The number of aryl methyl sites for hydroxylation is 2. The van der Waals surface area contributed by atoms with Gasteiger partial charge >= 0.3 is 0 Å². The van der Waals surface area contributed by atoms with Crippen LogP contribution in [0.25, 0.3) is 43.6 Å². The average molecular weight is 543 g/mol. The SMILES string of the molecule is Cc1c2c(c(CC(C)(C)C)c3ccc(C(C)C)cc13)Oc1cc3cc(CC4CCCC4)ccc3c3cc[n+](C)c-2c13. The third kappa shape index (κ3) is 4.42. The van der Waals surface area contributed by atoms with Crippen molar-refractivity contribution in [2.45, 2.75) is 86.0 Å². The minimum atomic E-state index is 0.128. The van der Waals surface area contributed by atoms with Crippen molar-refractivity contribution in [3.63, 3.8) is 0 Å². The second-order valence-corrected chi connectivity index (χ2v) is 14.5. The summed E-state index contributed by atoms with van der Waals surface area (Å²) in [4.78, 5) is 0. The Bertz CT molecular complexity index is 1850. The van der Waals surface area contributed by atoms with Gasteiger partial charge in [0.1, 0.15) is 18.5 Å². The number of hydrogen-bond acceptors (Lipinski definition) is 1. The number of hydrogen-bond donors (Lipinski definition) is 0. The van der Waals surface area contributed by atoms with Crippen molar-refractivity contribution in [1.82, 2.24) is 0 Å². The molecule has 1 aromatic heterocycles. The maximum atomic E-state index is 7.12. The molecule has 1 aliphatic heterocycles. The Labute approximate surface area is 245 Å². The molecule has 0 spiro atoms. The molecule has 1 fully saturated rings. The lowest BCUT2D eigenvalue weighted by molar-refractivity contribution is -0.659. The molecule has 0 atom stereocenters. The van der Waals surface area contributed by atoms with Gasteiger partial charge in [-0.05, 0) is 81.3 Å². The first-order chi connectivity index (χ1) is 19.6. The summed E-state index contributed by atoms with van der Waals surface area (Å²) in [6.45, 7) is 13.9. The van der Waals surface area contributed by atoms with Crippen molar-refractivity contribution < 1.29 is 9.30 Å². The van der Waals surface area contributed by atoms with Gasteiger partial charge in [0.05, 0.1) is 10.9 Å². The van der Waals surface area contributed by atoms with Crippen LogP contribution < -0.4 is 9.30 Å². The van der Waals surface area contributed by atoms with Crippen molar-refractivity contribution in [2.75, 3.05) is 0 Å². The van der Waals surface area contributed by atoms with Gasteiger partial charge in [0.15, 0.2) is 6.20 Å². The highest BCUT2D eigenvalue weighted by atomic mass is 16.5. The van der Waals surface area contributed by atoms with E-state index in [0.29, 0.717) is 5.92 Å². The van der Waals surface area contributed by atoms with E-state index in [2.05, 4.69) is 108 Å². The van der Waals surface area contributed by atoms with Gasteiger partial charge in [-0.1, -0.05) is 96.7 Å². The summed E-state index contributed by atoms with van der Waals surface area (Å²) in [6.07, 6.45) is 9.95. The standard InChI is InChI=1S/C39H44NO/c1-23(2)27-13-15-30-32(20-27)24(3)35-37-36-31(16-17-40(37)7)29-14-12-26(18-25-10-8-9-11-25)19-28(29)21-34(36)41-38(35)33(30)22-39(4,5)6/h12-17,19-21,23,25H,8-11,18,22H2,1-7H3/q+1. The van der Waals surface area contributed by atoms with Gasteiger partial charge in [-0.25, -0.2) is 4.57 Å². The number of pyridine rings is 1. The topological polar surface area (TPSA) is 13.1 Å². The summed E-state index contributed by atoms with van der Waals surface area (Å²) in [6, 6.07) is 18.9. The smallest absolute Gasteiger partial charge is 0.228 e. The van der Waals surface area contributed by atoms with E-state index < -0.39 is 0 Å². The Morgan fingerprint density at radius 3 is 2.39 bits per heavy atom. The molecule has 0 amide bonds. The summed E-state index contributed by atoms with van der Waals surface area (Å²) in [7, 11) is 2.19. The van der Waals surface area contributed by atoms with E-state index in [1.54, 1.807) is 0 Å². The fraction of sp³-hybridized carbons (Fsp3) is 0.410. The van der Waals surface area contributed by atoms with E-state index >= 15 is 0 Å². The second kappa shape index (κ2) is 9.58. The maximum absolute atomic E-state index is 7.12. The van der Waals surface area contributed by atoms with Gasteiger partial charge in [-0.2, -0.15) is 0 Å². The van der Waals surface area contributed by atoms with E-state index in [0.717, 1.165) is 23.8 Å². The number of ether oxygens (including phenoxy) is 1. The van der Waals surface area contributed by atoms with Gasteiger partial charge < -0.3 is 4.74 Å². The molecule has 2 heteroatoms. The molecular weight excluding hydrogens is 498 g/mol. The molecule has 0 radical (unpaired) electrons. The highest BCUT2D eigenvalue weighted by molar-refractivity contribution is 6.16. The van der Waals surface area contributed by atoms with Crippen molar-refractivity contribution in [3.8, 4) is 22.8 Å². The molecule has 2 aliphatic rings. The molecule has 2 heterocycles. The van der Waals surface area contributed by atoms with Crippen molar-refractivity contribution in [1.29, 1.82) is 0 Å². The molecule has 4 aromatic carbocycles. The average Bonchev–Trinajstić information content (AvgIpc) is 3.44. The summed E-state index contributed by atoms with van der Waals surface area (Å²) in [5, 5.41) is 7.83. The van der Waals surface area contributed by atoms with E-state index in [9.17, 15) is 0 Å². The lowest BCUT2D eigenvalue weighted by Crippen LogP contribution is -2.32. The molecule has 0 bridgehead atoms. The first-order valence-electron chi connectivity index (χ1n) is 15.7. The fourth-order valence-corrected chi connectivity index (χ4v) is 7.66. The summed E-state index contributed by atoms with van der Waals surface area (Å²) in [5.41, 5.74) is 8.17. The normalized spacial score (nSPS) is 15.3. The highest BCUT2D eigenvalue weighted by Crippen LogP contribution is 2.53. The molecule has 7 rings (SSSR count). The third-order valence-electron chi connectivity index (χ3n) is 9.73. The van der Waals surface area contributed by atoms with Crippen LogP contribution in [0.1, 0.15) is 88.5 Å². The predicted octanol–water partition coefficient (Wildman–Crippen LogP) is 10.5. The van der Waals surface area contributed by atoms with Crippen molar-refractivity contribution in [2.24, 2.45) is 18.4 Å². The maximum Gasteiger partial charge on any atom is 0.228 e. The molecule has 1 saturated carbocycles. The van der Waals surface area contributed by atoms with Crippen LogP contribution in [0.5, 0.6) is 11.5 Å². The zero-order valence-corrected chi connectivity index (χ0v) is 25.9. The van der Waals surface area contributed by atoms with Crippen molar-refractivity contribution >= 4 is 32.3 Å². The zero-order valence-electron chi connectivity index (χ0n) is 25.9. The third-order valence-corrected chi connectivity index (χ3v) is 9.73. The van der Waals surface area contributed by atoms with E-state index in [1.807, 2.05) is 0 Å². The predicted molar refractivity (Wildman–Crippen MR) is 173 cm³/mol. The number of aromatic nitrogens is 1. The molecule has 1 aliphatic carbocycles. The molecule has 0 unspecified atom stereocenters. The first kappa shape index (κ1) is 26.5. The van der Waals surface area contributed by atoms with Crippen LogP contribution >= 0.6 is 0 Å². The number of benzene rings is 4. The Hall–Kier alpha value is -3.39. The van der Waals surface area contributed by atoms with Crippen molar-refractivity contribution in [3.05, 3.63) is 77.0 Å². The number of rotatable bonds is 4. The van der Waals surface area contributed by atoms with Crippen LogP contribution in [0, 0.1) is 18.3 Å². The van der Waals surface area contributed by atoms with Gasteiger partial charge in [0, 0.05) is 17.0 Å². The second-order valence-electron chi connectivity index (χ2n) is 14.5. The lowest BCUT2D eigenvalue weighted by atomic mass is 9.81. The Kier molecular flexibility index (Phi) is 6.19. The Morgan fingerprint density at radius 2 is 1.66 bits per heavy atom. The number of fused-ring (bicyclic) bond motifs is 5. The number of nitrogens with zero attached hydrogens (tertiary/aromatic N) is 1.